The lowest BCUT2D eigenvalue weighted by Gasteiger charge is -2.15. The Morgan fingerprint density at radius 1 is 1.00 bits per heavy atom. The number of hydrogen-bond donors (Lipinski definition) is 1. The lowest BCUT2D eigenvalue weighted by atomic mass is 9.98. The molecule has 0 saturated heterocycles. The third kappa shape index (κ3) is 3.78. The number of para-hydroxylation sites is 1. The van der Waals surface area contributed by atoms with Crippen LogP contribution in [0, 0.1) is 12.7 Å². The number of hydrogen-bond acceptors (Lipinski definition) is 6. The summed E-state index contributed by atoms with van der Waals surface area (Å²) < 4.78 is 13.4. The molecule has 6 nitrogen and oxygen atoms in total. The van der Waals surface area contributed by atoms with E-state index < -0.39 is 0 Å². The SMILES string of the molecule is Cc1ncc(-c2cc(NC[C@@H](C)c3cccc4cc(F)cnc34)ncn2)cn1. The second kappa shape index (κ2) is 7.64. The van der Waals surface area contributed by atoms with Gasteiger partial charge in [-0.1, -0.05) is 25.1 Å². The van der Waals surface area contributed by atoms with Crippen molar-refractivity contribution in [1.82, 2.24) is 24.9 Å². The van der Waals surface area contributed by atoms with Crippen LogP contribution in [0.15, 0.2) is 55.2 Å². The fourth-order valence-electron chi connectivity index (χ4n) is 3.06. The summed E-state index contributed by atoms with van der Waals surface area (Å²) in [5, 5.41) is 4.15. The van der Waals surface area contributed by atoms with Crippen molar-refractivity contribution in [3.05, 3.63) is 72.5 Å². The van der Waals surface area contributed by atoms with Crippen LogP contribution >= 0.6 is 0 Å². The molecule has 140 valence electrons. The van der Waals surface area contributed by atoms with Gasteiger partial charge in [0.15, 0.2) is 0 Å². The Morgan fingerprint density at radius 2 is 1.82 bits per heavy atom. The largest absolute Gasteiger partial charge is 0.369 e. The lowest BCUT2D eigenvalue weighted by molar-refractivity contribution is 0.624. The number of rotatable bonds is 5. The molecule has 0 unspecified atom stereocenters. The minimum atomic E-state index is -0.330. The molecule has 0 aliphatic rings. The maximum atomic E-state index is 13.4. The van der Waals surface area contributed by atoms with E-state index in [1.165, 1.54) is 18.6 Å². The fraction of sp³-hybridized carbons (Fsp3) is 0.190. The average Bonchev–Trinajstić information content (AvgIpc) is 2.72. The summed E-state index contributed by atoms with van der Waals surface area (Å²) in [6.07, 6.45) is 6.27. The highest BCUT2D eigenvalue weighted by Gasteiger charge is 2.12. The molecule has 28 heavy (non-hydrogen) atoms. The third-order valence-corrected chi connectivity index (χ3v) is 4.57. The summed E-state index contributed by atoms with van der Waals surface area (Å²) >= 11 is 0. The molecule has 4 aromatic rings. The summed E-state index contributed by atoms with van der Waals surface area (Å²) in [5.74, 6) is 1.26. The van der Waals surface area contributed by atoms with Gasteiger partial charge in [0.2, 0.25) is 0 Å². The maximum Gasteiger partial charge on any atom is 0.142 e. The van der Waals surface area contributed by atoms with E-state index in [0.29, 0.717) is 12.4 Å². The molecule has 1 aromatic carbocycles. The normalized spacial score (nSPS) is 12.1. The first-order chi connectivity index (χ1) is 13.6. The number of aryl methyl sites for hydroxylation is 1. The smallest absolute Gasteiger partial charge is 0.142 e. The van der Waals surface area contributed by atoms with Gasteiger partial charge in [-0.25, -0.2) is 24.3 Å². The van der Waals surface area contributed by atoms with Crippen molar-refractivity contribution in [1.29, 1.82) is 0 Å². The van der Waals surface area contributed by atoms with Crippen LogP contribution in [-0.4, -0.2) is 31.5 Å². The predicted molar refractivity (Wildman–Crippen MR) is 106 cm³/mol. The molecule has 4 rings (SSSR count). The van der Waals surface area contributed by atoms with Crippen molar-refractivity contribution >= 4 is 16.7 Å². The van der Waals surface area contributed by atoms with Gasteiger partial charge in [-0.05, 0) is 18.6 Å². The van der Waals surface area contributed by atoms with Crippen molar-refractivity contribution < 1.29 is 4.39 Å². The number of nitrogens with zero attached hydrogens (tertiary/aromatic N) is 5. The van der Waals surface area contributed by atoms with Gasteiger partial charge in [-0.3, -0.25) is 4.98 Å². The first-order valence-electron chi connectivity index (χ1n) is 8.99. The van der Waals surface area contributed by atoms with Crippen molar-refractivity contribution in [3.63, 3.8) is 0 Å². The van der Waals surface area contributed by atoms with Gasteiger partial charge in [0.1, 0.15) is 23.8 Å². The van der Waals surface area contributed by atoms with Gasteiger partial charge in [0, 0.05) is 41.9 Å². The zero-order chi connectivity index (χ0) is 19.5. The number of halogens is 1. The summed E-state index contributed by atoms with van der Waals surface area (Å²) in [6.45, 7) is 4.59. The van der Waals surface area contributed by atoms with E-state index in [4.69, 9.17) is 0 Å². The number of nitrogens with one attached hydrogen (secondary N) is 1. The zero-order valence-corrected chi connectivity index (χ0v) is 15.6. The zero-order valence-electron chi connectivity index (χ0n) is 15.6. The second-order valence-electron chi connectivity index (χ2n) is 6.66. The van der Waals surface area contributed by atoms with Crippen LogP contribution < -0.4 is 5.32 Å². The molecule has 0 aliphatic carbocycles. The molecular formula is C21H19FN6. The molecule has 0 radical (unpaired) electrons. The van der Waals surface area contributed by atoms with Crippen molar-refractivity contribution in [2.24, 2.45) is 0 Å². The molecule has 1 atom stereocenters. The highest BCUT2D eigenvalue weighted by atomic mass is 19.1. The Bertz CT molecular complexity index is 1110. The number of aromatic nitrogens is 5. The van der Waals surface area contributed by atoms with Crippen molar-refractivity contribution in [2.75, 3.05) is 11.9 Å². The molecule has 0 bridgehead atoms. The first-order valence-corrected chi connectivity index (χ1v) is 8.99. The summed E-state index contributed by atoms with van der Waals surface area (Å²) in [5.41, 5.74) is 3.47. The Labute approximate surface area is 162 Å². The summed E-state index contributed by atoms with van der Waals surface area (Å²) in [4.78, 5) is 21.3. The summed E-state index contributed by atoms with van der Waals surface area (Å²) in [7, 11) is 0. The molecule has 1 N–H and O–H groups in total. The molecule has 0 aliphatic heterocycles. The monoisotopic (exact) mass is 374 g/mol. The number of anilines is 1. The van der Waals surface area contributed by atoms with E-state index >= 15 is 0 Å². The van der Waals surface area contributed by atoms with Gasteiger partial charge >= 0.3 is 0 Å². The lowest BCUT2D eigenvalue weighted by Crippen LogP contribution is -2.11. The molecule has 7 heteroatoms. The van der Waals surface area contributed by atoms with Crippen molar-refractivity contribution in [3.8, 4) is 11.3 Å². The third-order valence-electron chi connectivity index (χ3n) is 4.57. The van der Waals surface area contributed by atoms with Crippen LogP contribution in [0.25, 0.3) is 22.2 Å². The Balaban J connectivity index is 1.52. The van der Waals surface area contributed by atoms with E-state index in [9.17, 15) is 4.39 Å². The van der Waals surface area contributed by atoms with E-state index in [0.717, 1.165) is 33.5 Å². The maximum absolute atomic E-state index is 13.4. The molecular weight excluding hydrogens is 355 g/mol. The van der Waals surface area contributed by atoms with Gasteiger partial charge in [-0.2, -0.15) is 0 Å². The average molecular weight is 374 g/mol. The predicted octanol–water partition coefficient (Wildman–Crippen LogP) is 4.14. The highest BCUT2D eigenvalue weighted by Crippen LogP contribution is 2.25. The molecule has 0 amide bonds. The van der Waals surface area contributed by atoms with E-state index in [-0.39, 0.29) is 11.7 Å². The minimum Gasteiger partial charge on any atom is -0.369 e. The highest BCUT2D eigenvalue weighted by molar-refractivity contribution is 5.82. The van der Waals surface area contributed by atoms with Gasteiger partial charge in [-0.15, -0.1) is 0 Å². The van der Waals surface area contributed by atoms with E-state index in [1.54, 1.807) is 12.4 Å². The number of benzene rings is 1. The molecule has 3 aromatic heterocycles. The van der Waals surface area contributed by atoms with E-state index in [2.05, 4.69) is 37.2 Å². The van der Waals surface area contributed by atoms with Crippen LogP contribution in [0.4, 0.5) is 10.2 Å². The second-order valence-corrected chi connectivity index (χ2v) is 6.66. The molecule has 0 saturated carbocycles. The topological polar surface area (TPSA) is 76.5 Å². The number of pyridine rings is 1. The molecule has 0 fully saturated rings. The Hall–Kier alpha value is -3.48. The Morgan fingerprint density at radius 3 is 2.64 bits per heavy atom. The minimum absolute atomic E-state index is 0.155. The van der Waals surface area contributed by atoms with Crippen LogP contribution in [0.1, 0.15) is 24.2 Å². The Kier molecular flexibility index (Phi) is 4.89. The van der Waals surface area contributed by atoms with Crippen LogP contribution in [-0.2, 0) is 0 Å². The molecule has 0 spiro atoms. The van der Waals surface area contributed by atoms with Crippen molar-refractivity contribution in [2.45, 2.75) is 19.8 Å². The number of fused-ring (bicyclic) bond motifs is 1. The summed E-state index contributed by atoms with van der Waals surface area (Å²) in [6, 6.07) is 9.20. The van der Waals surface area contributed by atoms with Crippen LogP contribution in [0.3, 0.4) is 0 Å². The quantitative estimate of drug-likeness (QED) is 0.566. The van der Waals surface area contributed by atoms with Gasteiger partial charge in [0.25, 0.3) is 0 Å². The van der Waals surface area contributed by atoms with Gasteiger partial charge < -0.3 is 5.32 Å². The first kappa shape index (κ1) is 17.9. The standard InChI is InChI=1S/C21H19FN6/c1-13(18-5-3-4-15-6-17(22)11-26-21(15)18)8-25-20-7-19(27-12-28-20)16-9-23-14(2)24-10-16/h3-7,9-13H,8H2,1-2H3,(H,25,27,28)/t13-/m1/s1. The fourth-order valence-corrected chi connectivity index (χ4v) is 3.06. The van der Waals surface area contributed by atoms with Gasteiger partial charge in [0.05, 0.1) is 17.4 Å². The van der Waals surface area contributed by atoms with Crippen LogP contribution in [0.2, 0.25) is 0 Å². The van der Waals surface area contributed by atoms with Crippen LogP contribution in [0.5, 0.6) is 0 Å². The van der Waals surface area contributed by atoms with E-state index in [1.807, 2.05) is 31.2 Å². The molecule has 3 heterocycles.